The number of esters is 1. The molecule has 0 saturated heterocycles. The molecule has 1 aliphatic rings. The second-order valence-corrected chi connectivity index (χ2v) is 7.38. The van der Waals surface area contributed by atoms with Gasteiger partial charge in [-0.25, -0.2) is 0 Å². The van der Waals surface area contributed by atoms with E-state index in [0.29, 0.717) is 13.0 Å². The lowest BCUT2D eigenvalue weighted by atomic mass is 10.1. The molecule has 2 heterocycles. The van der Waals surface area contributed by atoms with E-state index in [2.05, 4.69) is 11.4 Å². The summed E-state index contributed by atoms with van der Waals surface area (Å²) in [6, 6.07) is 2.08. The molecule has 5 nitrogen and oxygen atoms in total. The van der Waals surface area contributed by atoms with Crippen LogP contribution in [-0.4, -0.2) is 38.0 Å². The van der Waals surface area contributed by atoms with Crippen LogP contribution in [-0.2, 0) is 23.7 Å². The Morgan fingerprint density at radius 3 is 3.05 bits per heavy atom. The van der Waals surface area contributed by atoms with Crippen LogP contribution in [0.1, 0.15) is 38.4 Å². The third-order valence-electron chi connectivity index (χ3n) is 3.36. The molecule has 0 bridgehead atoms. The Hall–Kier alpha value is -0.600. The molecular formula is C15H22O5S2. The van der Waals surface area contributed by atoms with Gasteiger partial charge in [0.1, 0.15) is 0 Å². The van der Waals surface area contributed by atoms with E-state index in [9.17, 15) is 4.79 Å². The quantitative estimate of drug-likeness (QED) is 0.530. The second-order valence-electron chi connectivity index (χ2n) is 4.89. The topological polar surface area (TPSA) is 54.0 Å². The molecule has 2 rings (SSSR count). The number of carbonyl (C=O) groups excluding carboxylic acids is 1. The average molecular weight is 346 g/mol. The van der Waals surface area contributed by atoms with E-state index >= 15 is 0 Å². The predicted molar refractivity (Wildman–Crippen MR) is 86.1 cm³/mol. The van der Waals surface area contributed by atoms with E-state index in [4.69, 9.17) is 18.9 Å². The summed E-state index contributed by atoms with van der Waals surface area (Å²) in [5.74, 6) is -0.150. The lowest BCUT2D eigenvalue weighted by Gasteiger charge is -2.28. The van der Waals surface area contributed by atoms with E-state index < -0.39 is 0 Å². The minimum atomic E-state index is -0.296. The Bertz CT molecular complexity index is 476. The van der Waals surface area contributed by atoms with Crippen LogP contribution in [0, 0.1) is 0 Å². The first kappa shape index (κ1) is 17.7. The Balaban J connectivity index is 1.92. The van der Waals surface area contributed by atoms with Crippen molar-refractivity contribution in [2.24, 2.45) is 0 Å². The van der Waals surface area contributed by atoms with Gasteiger partial charge < -0.3 is 18.9 Å². The van der Waals surface area contributed by atoms with E-state index in [1.54, 1.807) is 30.2 Å². The molecule has 124 valence electrons. The van der Waals surface area contributed by atoms with Gasteiger partial charge in [-0.15, -0.1) is 23.1 Å². The zero-order chi connectivity index (χ0) is 15.9. The van der Waals surface area contributed by atoms with Gasteiger partial charge in [0.05, 0.1) is 23.3 Å². The fourth-order valence-electron chi connectivity index (χ4n) is 2.18. The number of fused-ring (bicyclic) bond motifs is 1. The molecule has 3 unspecified atom stereocenters. The fraction of sp³-hybridized carbons (Fsp3) is 0.667. The monoisotopic (exact) mass is 346 g/mol. The summed E-state index contributed by atoms with van der Waals surface area (Å²) in [5.41, 5.74) is 1.18. The van der Waals surface area contributed by atoms with Gasteiger partial charge in [-0.3, -0.25) is 4.79 Å². The molecule has 0 N–H and O–H groups in total. The first-order valence-corrected chi connectivity index (χ1v) is 9.05. The minimum absolute atomic E-state index is 0.0500. The van der Waals surface area contributed by atoms with Gasteiger partial charge in [-0.2, -0.15) is 0 Å². The van der Waals surface area contributed by atoms with E-state index in [1.165, 1.54) is 9.77 Å². The Kier molecular flexibility index (Phi) is 7.17. The Morgan fingerprint density at radius 2 is 2.32 bits per heavy atom. The predicted octanol–water partition coefficient (Wildman–Crippen LogP) is 3.59. The molecule has 1 aromatic heterocycles. The summed E-state index contributed by atoms with van der Waals surface area (Å²) in [6.07, 6.45) is 0.837. The van der Waals surface area contributed by atoms with Gasteiger partial charge in [0, 0.05) is 17.9 Å². The Morgan fingerprint density at radius 1 is 1.50 bits per heavy atom. The van der Waals surface area contributed by atoms with Gasteiger partial charge >= 0.3 is 5.97 Å². The van der Waals surface area contributed by atoms with Crippen LogP contribution < -0.4 is 0 Å². The first-order valence-electron chi connectivity index (χ1n) is 7.29. The number of methoxy groups -OCH3 is 1. The van der Waals surface area contributed by atoms with Gasteiger partial charge in [-0.1, -0.05) is 0 Å². The summed E-state index contributed by atoms with van der Waals surface area (Å²) in [4.78, 5) is 11.7. The maximum absolute atomic E-state index is 11.7. The summed E-state index contributed by atoms with van der Waals surface area (Å²) in [6.45, 7) is 4.23. The molecule has 0 fully saturated rings. The first-order chi connectivity index (χ1) is 10.6. The van der Waals surface area contributed by atoms with Crippen molar-refractivity contribution in [1.82, 2.24) is 0 Å². The van der Waals surface area contributed by atoms with Crippen LogP contribution >= 0.6 is 23.1 Å². The maximum atomic E-state index is 11.7. The highest BCUT2D eigenvalue weighted by atomic mass is 32.2. The van der Waals surface area contributed by atoms with Crippen molar-refractivity contribution in [3.8, 4) is 0 Å². The number of hydrogen-bond donors (Lipinski definition) is 0. The van der Waals surface area contributed by atoms with E-state index in [1.807, 2.05) is 13.8 Å². The number of rotatable bonds is 8. The number of hydrogen-bond acceptors (Lipinski definition) is 7. The highest BCUT2D eigenvalue weighted by Gasteiger charge is 2.31. The SMILES string of the molecule is CCOC(=O)CC1CC(OCOC(C)OC)c2ccsc2S1. The number of ether oxygens (including phenoxy) is 4. The summed E-state index contributed by atoms with van der Waals surface area (Å²) < 4.78 is 22.5. The van der Waals surface area contributed by atoms with Crippen LogP contribution in [0.2, 0.25) is 0 Å². The average Bonchev–Trinajstić information content (AvgIpc) is 2.95. The minimum Gasteiger partial charge on any atom is -0.466 e. The van der Waals surface area contributed by atoms with Crippen LogP contribution in [0.25, 0.3) is 0 Å². The standard InChI is InChI=1S/C15H22O5S2/c1-4-18-14(16)8-11-7-13(20-9-19-10(2)17-3)12-5-6-21-15(12)22-11/h5-6,10-11,13H,4,7-9H2,1-3H3. The zero-order valence-electron chi connectivity index (χ0n) is 13.1. The van der Waals surface area contributed by atoms with Gasteiger partial charge in [-0.05, 0) is 31.7 Å². The number of thiophene rings is 1. The second kappa shape index (κ2) is 8.88. The van der Waals surface area contributed by atoms with Crippen molar-refractivity contribution in [2.45, 2.75) is 48.5 Å². The molecule has 1 aliphatic heterocycles. The van der Waals surface area contributed by atoms with Crippen molar-refractivity contribution in [3.63, 3.8) is 0 Å². The van der Waals surface area contributed by atoms with Gasteiger partial charge in [0.15, 0.2) is 13.1 Å². The van der Waals surface area contributed by atoms with Gasteiger partial charge in [0.2, 0.25) is 0 Å². The Labute approximate surface area is 139 Å². The third-order valence-corrected chi connectivity index (χ3v) is 5.80. The van der Waals surface area contributed by atoms with Crippen LogP contribution in [0.15, 0.2) is 15.7 Å². The number of thioether (sulfide) groups is 1. The third kappa shape index (κ3) is 4.96. The van der Waals surface area contributed by atoms with Gasteiger partial charge in [0.25, 0.3) is 0 Å². The van der Waals surface area contributed by atoms with E-state index in [0.717, 1.165) is 6.42 Å². The summed E-state index contributed by atoms with van der Waals surface area (Å²) in [5, 5.41) is 2.23. The molecule has 0 saturated carbocycles. The highest BCUT2D eigenvalue weighted by Crippen LogP contribution is 2.46. The molecule has 0 radical (unpaired) electrons. The van der Waals surface area contributed by atoms with Crippen LogP contribution in [0.3, 0.4) is 0 Å². The largest absolute Gasteiger partial charge is 0.466 e. The van der Waals surface area contributed by atoms with Crippen molar-refractivity contribution in [3.05, 3.63) is 17.0 Å². The zero-order valence-corrected chi connectivity index (χ0v) is 14.7. The molecule has 0 spiro atoms. The fourth-order valence-corrected chi connectivity index (χ4v) is 4.78. The maximum Gasteiger partial charge on any atom is 0.306 e. The van der Waals surface area contributed by atoms with Crippen LogP contribution in [0.4, 0.5) is 0 Å². The molecule has 22 heavy (non-hydrogen) atoms. The van der Waals surface area contributed by atoms with Crippen molar-refractivity contribution in [1.29, 1.82) is 0 Å². The lowest BCUT2D eigenvalue weighted by molar-refractivity contribution is -0.190. The summed E-state index contributed by atoms with van der Waals surface area (Å²) >= 11 is 3.42. The molecule has 7 heteroatoms. The van der Waals surface area contributed by atoms with Crippen LogP contribution in [0.5, 0.6) is 0 Å². The molecule has 1 aromatic rings. The molecule has 0 aromatic carbocycles. The molecule has 3 atom stereocenters. The van der Waals surface area contributed by atoms with E-state index in [-0.39, 0.29) is 30.4 Å². The van der Waals surface area contributed by atoms with Crippen molar-refractivity contribution < 1.29 is 23.7 Å². The molecular weight excluding hydrogens is 324 g/mol. The van der Waals surface area contributed by atoms with Crippen molar-refractivity contribution in [2.75, 3.05) is 20.5 Å². The normalized spacial score (nSPS) is 22.1. The molecule has 0 amide bonds. The number of carbonyl (C=O) groups is 1. The highest BCUT2D eigenvalue weighted by molar-refractivity contribution is 8.01. The molecule has 0 aliphatic carbocycles. The lowest BCUT2D eigenvalue weighted by Crippen LogP contribution is -2.22. The summed E-state index contributed by atoms with van der Waals surface area (Å²) in [7, 11) is 1.59. The smallest absolute Gasteiger partial charge is 0.306 e. The van der Waals surface area contributed by atoms with Crippen molar-refractivity contribution >= 4 is 29.1 Å².